The van der Waals surface area contributed by atoms with Crippen LogP contribution in [0.15, 0.2) is 122 Å². The molecule has 1 unspecified atom stereocenters. The summed E-state index contributed by atoms with van der Waals surface area (Å²) in [7, 11) is 0. The Morgan fingerprint density at radius 1 is 0.600 bits per heavy atom. The molecular weight excluding hydrogens is 405 g/mol. The summed E-state index contributed by atoms with van der Waals surface area (Å²) in [5.41, 5.74) is 5.65. The van der Waals surface area contributed by atoms with Crippen molar-refractivity contribution < 1.29 is 4.52 Å². The quantitative estimate of drug-likeness (QED) is 0.328. The van der Waals surface area contributed by atoms with Gasteiger partial charge in [0.15, 0.2) is 0 Å². The minimum atomic E-state index is -2.49. The Kier molecular flexibility index (Phi) is 5.00. The van der Waals surface area contributed by atoms with E-state index in [0.29, 0.717) is 0 Å². The second kappa shape index (κ2) is 7.95. The molecule has 5 rings (SSSR count). The Hall–Kier alpha value is -3.13. The van der Waals surface area contributed by atoms with Crippen molar-refractivity contribution in [1.82, 2.24) is 0 Å². The predicted octanol–water partition coefficient (Wildman–Crippen LogP) is 6.96. The highest BCUT2D eigenvalue weighted by Crippen LogP contribution is 2.56. The molecule has 0 N–H and O–H groups in total. The van der Waals surface area contributed by atoms with Crippen LogP contribution in [0, 0.1) is 0 Å². The van der Waals surface area contributed by atoms with E-state index in [2.05, 4.69) is 83.5 Å². The van der Waals surface area contributed by atoms with Crippen molar-refractivity contribution in [2.75, 3.05) is 4.67 Å². The minimum Gasteiger partial charge on any atom is -0.451 e. The maximum atomic E-state index is 6.21. The van der Waals surface area contributed by atoms with Crippen LogP contribution >= 0.6 is 6.42 Å². The normalized spacial score (nSPS) is 17.7. The fourth-order valence-corrected chi connectivity index (χ4v) is 6.55. The first-order chi connectivity index (χ1) is 14.7. The molecule has 0 bridgehead atoms. The van der Waals surface area contributed by atoms with Crippen LogP contribution in [-0.4, -0.2) is 0 Å². The summed E-state index contributed by atoms with van der Waals surface area (Å²) in [6.07, 6.45) is 1.19. The Morgan fingerprint density at radius 2 is 1.10 bits per heavy atom. The lowest BCUT2D eigenvalue weighted by Crippen LogP contribution is -2.18. The first-order valence-corrected chi connectivity index (χ1v) is 12.5. The Labute approximate surface area is 182 Å². The fourth-order valence-electron chi connectivity index (χ4n) is 3.68. The SMILES string of the molecule is S=P1(c2cc(-c3ccccc3)cc(-c3ccccc3)c2)OC=CN1c1ccccc1. The van der Waals surface area contributed by atoms with Crippen molar-refractivity contribution in [2.24, 2.45) is 0 Å². The molecule has 30 heavy (non-hydrogen) atoms. The molecule has 0 amide bonds. The van der Waals surface area contributed by atoms with E-state index in [4.69, 9.17) is 16.3 Å². The highest BCUT2D eigenvalue weighted by Gasteiger charge is 2.33. The van der Waals surface area contributed by atoms with Gasteiger partial charge >= 0.3 is 0 Å². The second-order valence-corrected chi connectivity index (χ2v) is 10.8. The summed E-state index contributed by atoms with van der Waals surface area (Å²) in [5.74, 6) is 0. The molecule has 0 radical (unpaired) electrons. The molecule has 1 aliphatic rings. The Morgan fingerprint density at radius 3 is 1.63 bits per heavy atom. The molecule has 1 atom stereocenters. The van der Waals surface area contributed by atoms with Crippen molar-refractivity contribution in [3.8, 4) is 22.3 Å². The monoisotopic (exact) mass is 425 g/mol. The maximum Gasteiger partial charge on any atom is 0.238 e. The van der Waals surface area contributed by atoms with E-state index in [1.807, 2.05) is 36.5 Å². The van der Waals surface area contributed by atoms with Crippen LogP contribution in [0.5, 0.6) is 0 Å². The lowest BCUT2D eigenvalue weighted by Gasteiger charge is -2.28. The van der Waals surface area contributed by atoms with E-state index in [9.17, 15) is 0 Å². The van der Waals surface area contributed by atoms with Crippen molar-refractivity contribution in [3.05, 3.63) is 122 Å². The zero-order valence-electron chi connectivity index (χ0n) is 16.3. The highest BCUT2D eigenvalue weighted by molar-refractivity contribution is 8.16. The number of para-hydroxylation sites is 1. The van der Waals surface area contributed by atoms with Crippen molar-refractivity contribution >= 4 is 29.2 Å². The molecular formula is C26H20NOPS. The van der Waals surface area contributed by atoms with E-state index in [1.165, 1.54) is 0 Å². The zero-order valence-corrected chi connectivity index (χ0v) is 18.0. The summed E-state index contributed by atoms with van der Waals surface area (Å²) in [6, 6.07) is 37.6. The minimum absolute atomic E-state index is 1.03. The van der Waals surface area contributed by atoms with Crippen LogP contribution in [0.3, 0.4) is 0 Å². The van der Waals surface area contributed by atoms with E-state index in [0.717, 1.165) is 33.2 Å². The number of anilines is 1. The van der Waals surface area contributed by atoms with E-state index in [1.54, 1.807) is 6.26 Å². The number of hydrogen-bond acceptors (Lipinski definition) is 2. The molecule has 0 spiro atoms. The molecule has 1 heterocycles. The molecule has 0 saturated carbocycles. The summed E-state index contributed by atoms with van der Waals surface area (Å²) >= 11 is 6.21. The molecule has 0 fully saturated rings. The Balaban J connectivity index is 1.69. The van der Waals surface area contributed by atoms with Gasteiger partial charge in [-0.25, -0.2) is 0 Å². The Bertz CT molecular complexity index is 1180. The van der Waals surface area contributed by atoms with Gasteiger partial charge in [0.25, 0.3) is 0 Å². The van der Waals surface area contributed by atoms with Gasteiger partial charge in [-0.1, -0.05) is 78.9 Å². The molecule has 2 nitrogen and oxygen atoms in total. The third kappa shape index (κ3) is 3.47. The van der Waals surface area contributed by atoms with Crippen molar-refractivity contribution in [1.29, 1.82) is 0 Å². The average Bonchev–Trinajstić information content (AvgIpc) is 3.23. The van der Waals surface area contributed by atoms with Crippen molar-refractivity contribution in [3.63, 3.8) is 0 Å². The molecule has 0 saturated heterocycles. The maximum absolute atomic E-state index is 6.21. The van der Waals surface area contributed by atoms with Gasteiger partial charge in [0.05, 0.1) is 0 Å². The van der Waals surface area contributed by atoms with Crippen LogP contribution in [0.2, 0.25) is 0 Å². The van der Waals surface area contributed by atoms with Gasteiger partial charge in [-0.05, 0) is 64.4 Å². The lowest BCUT2D eigenvalue weighted by atomic mass is 9.99. The summed E-state index contributed by atoms with van der Waals surface area (Å²) in [6.45, 7) is 0. The molecule has 146 valence electrons. The summed E-state index contributed by atoms with van der Waals surface area (Å²) < 4.78 is 8.26. The highest BCUT2D eigenvalue weighted by atomic mass is 32.4. The molecule has 4 aromatic carbocycles. The van der Waals surface area contributed by atoms with E-state index < -0.39 is 6.42 Å². The lowest BCUT2D eigenvalue weighted by molar-refractivity contribution is 0.554. The number of nitrogens with zero attached hydrogens (tertiary/aromatic N) is 1. The molecule has 1 aliphatic heterocycles. The summed E-state index contributed by atoms with van der Waals surface area (Å²) in [5, 5.41) is 1.03. The van der Waals surface area contributed by atoms with Crippen LogP contribution in [0.1, 0.15) is 0 Å². The second-order valence-electron chi connectivity index (χ2n) is 7.09. The van der Waals surface area contributed by atoms with Gasteiger partial charge < -0.3 is 4.52 Å². The predicted molar refractivity (Wildman–Crippen MR) is 130 cm³/mol. The van der Waals surface area contributed by atoms with Crippen LogP contribution < -0.4 is 9.97 Å². The average molecular weight is 425 g/mol. The fraction of sp³-hybridized carbons (Fsp3) is 0. The van der Waals surface area contributed by atoms with Gasteiger partial charge in [0.2, 0.25) is 6.42 Å². The zero-order chi connectivity index (χ0) is 20.4. The van der Waals surface area contributed by atoms with Gasteiger partial charge in [-0.15, -0.1) is 0 Å². The molecule has 0 aliphatic carbocycles. The molecule has 4 aromatic rings. The van der Waals surface area contributed by atoms with Gasteiger partial charge in [0, 0.05) is 17.2 Å². The van der Waals surface area contributed by atoms with E-state index >= 15 is 0 Å². The van der Waals surface area contributed by atoms with Gasteiger partial charge in [-0.2, -0.15) is 0 Å². The van der Waals surface area contributed by atoms with Gasteiger partial charge in [0.1, 0.15) is 6.26 Å². The molecule has 0 aromatic heterocycles. The number of rotatable bonds is 4. The van der Waals surface area contributed by atoms with E-state index in [-0.39, 0.29) is 0 Å². The first kappa shape index (κ1) is 18.9. The standard InChI is InChI=1S/C26H20NOPS/c30-29(27(16-17-28-29)25-14-8-3-9-15-25)26-19-23(21-10-4-1-5-11-21)18-24(20-26)22-12-6-2-7-13-22/h1-20H. The van der Waals surface area contributed by atoms with Crippen LogP contribution in [0.4, 0.5) is 5.69 Å². The van der Waals surface area contributed by atoms with Crippen LogP contribution in [-0.2, 0) is 16.3 Å². The first-order valence-electron chi connectivity index (χ1n) is 9.80. The topological polar surface area (TPSA) is 12.5 Å². The number of benzene rings is 4. The number of hydrogen-bond donors (Lipinski definition) is 0. The third-order valence-corrected chi connectivity index (χ3v) is 8.84. The molecule has 4 heteroatoms. The summed E-state index contributed by atoms with van der Waals surface area (Å²) in [4.78, 5) is 0. The largest absolute Gasteiger partial charge is 0.451 e. The van der Waals surface area contributed by atoms with Gasteiger partial charge in [-0.3, -0.25) is 4.67 Å². The van der Waals surface area contributed by atoms with Crippen molar-refractivity contribution in [2.45, 2.75) is 0 Å². The van der Waals surface area contributed by atoms with Crippen LogP contribution in [0.25, 0.3) is 22.3 Å². The third-order valence-electron chi connectivity index (χ3n) is 5.17. The smallest absolute Gasteiger partial charge is 0.238 e.